The van der Waals surface area contributed by atoms with Crippen LogP contribution in [-0.2, 0) is 25.5 Å². The van der Waals surface area contributed by atoms with Crippen molar-refractivity contribution >= 4 is 34.4 Å². The number of esters is 1. The highest BCUT2D eigenvalue weighted by Gasteiger charge is 2.14. The summed E-state index contributed by atoms with van der Waals surface area (Å²) in [6.07, 6.45) is 1.47. The number of anilines is 1. The number of rotatable bonds is 7. The van der Waals surface area contributed by atoms with Crippen LogP contribution in [0, 0.1) is 19.7 Å². The second-order valence-electron chi connectivity index (χ2n) is 6.86. The number of carbonyl (C=O) groups is 3. The second-order valence-corrected chi connectivity index (χ2v) is 6.86. The maximum Gasteiger partial charge on any atom is 0.310 e. The van der Waals surface area contributed by atoms with Gasteiger partial charge in [0.15, 0.2) is 6.61 Å². The van der Waals surface area contributed by atoms with Gasteiger partial charge >= 0.3 is 5.97 Å². The van der Waals surface area contributed by atoms with Crippen molar-refractivity contribution in [3.63, 3.8) is 0 Å². The van der Waals surface area contributed by atoms with E-state index >= 15 is 0 Å². The highest BCUT2D eigenvalue weighted by atomic mass is 19.1. The van der Waals surface area contributed by atoms with E-state index in [1.54, 1.807) is 0 Å². The number of halogens is 1. The maximum atomic E-state index is 12.8. The van der Waals surface area contributed by atoms with E-state index in [0.29, 0.717) is 16.8 Å². The van der Waals surface area contributed by atoms with Crippen LogP contribution in [0.1, 0.15) is 16.7 Å². The second kappa shape index (κ2) is 9.21. The lowest BCUT2D eigenvalue weighted by molar-refractivity contribution is -0.147. The summed E-state index contributed by atoms with van der Waals surface area (Å²) >= 11 is 0. The molecule has 0 unspecified atom stereocenters. The van der Waals surface area contributed by atoms with Gasteiger partial charge in [0.1, 0.15) is 11.4 Å². The molecule has 0 bridgehead atoms. The summed E-state index contributed by atoms with van der Waals surface area (Å²) in [4.78, 5) is 35.7. The summed E-state index contributed by atoms with van der Waals surface area (Å²) < 4.78 is 23.3. The number of fused-ring (bicyclic) bond motifs is 1. The minimum Gasteiger partial charge on any atom is -0.464 e. The van der Waals surface area contributed by atoms with Crippen LogP contribution < -0.4 is 10.6 Å². The van der Waals surface area contributed by atoms with Crippen molar-refractivity contribution in [2.24, 2.45) is 0 Å². The van der Waals surface area contributed by atoms with Crippen molar-refractivity contribution in [3.05, 3.63) is 65.2 Å². The van der Waals surface area contributed by atoms with Gasteiger partial charge in [-0.3, -0.25) is 14.4 Å². The summed E-state index contributed by atoms with van der Waals surface area (Å²) in [5.41, 5.74) is 3.94. The Balaban J connectivity index is 1.43. The fraction of sp³-hybridized carbons (Fsp3) is 0.227. The van der Waals surface area contributed by atoms with E-state index < -0.39 is 30.2 Å². The predicted molar refractivity (Wildman–Crippen MR) is 108 cm³/mol. The summed E-state index contributed by atoms with van der Waals surface area (Å²) in [6, 6.07) is 9.07. The largest absolute Gasteiger partial charge is 0.464 e. The first-order valence-corrected chi connectivity index (χ1v) is 9.27. The van der Waals surface area contributed by atoms with E-state index in [2.05, 4.69) is 10.6 Å². The molecule has 2 N–H and O–H groups in total. The average Bonchev–Trinajstić information content (AvgIpc) is 3.08. The standard InChI is InChI=1S/C22H21FN2O5/c1-13-7-18-15(11-29-19(18)8-14(13)2)9-22(28)30-12-21(27)24-10-20(26)25-17-5-3-16(23)4-6-17/h3-8,11H,9-10,12H2,1-2H3,(H,24,27)(H,25,26). The number of aryl methyl sites for hydroxylation is 2. The van der Waals surface area contributed by atoms with Gasteiger partial charge in [0, 0.05) is 16.6 Å². The predicted octanol–water partition coefficient (Wildman–Crippen LogP) is 3.03. The van der Waals surface area contributed by atoms with E-state index in [9.17, 15) is 18.8 Å². The van der Waals surface area contributed by atoms with Crippen LogP contribution in [0.4, 0.5) is 10.1 Å². The van der Waals surface area contributed by atoms with Crippen LogP contribution in [0.15, 0.2) is 47.1 Å². The SMILES string of the molecule is Cc1cc2occ(CC(=O)OCC(=O)NCC(=O)Nc3ccc(F)cc3)c2cc1C. The van der Waals surface area contributed by atoms with Gasteiger partial charge in [0.25, 0.3) is 5.91 Å². The van der Waals surface area contributed by atoms with Crippen molar-refractivity contribution in [1.82, 2.24) is 5.32 Å². The van der Waals surface area contributed by atoms with Crippen molar-refractivity contribution in [2.45, 2.75) is 20.3 Å². The number of benzene rings is 2. The average molecular weight is 412 g/mol. The molecule has 0 aliphatic rings. The molecule has 0 aliphatic heterocycles. The minimum absolute atomic E-state index is 0.0339. The Morgan fingerprint density at radius 3 is 2.47 bits per heavy atom. The van der Waals surface area contributed by atoms with Crippen LogP contribution in [0.5, 0.6) is 0 Å². The molecule has 30 heavy (non-hydrogen) atoms. The lowest BCUT2D eigenvalue weighted by Gasteiger charge is -2.08. The maximum absolute atomic E-state index is 12.8. The molecule has 2 amide bonds. The number of nitrogens with one attached hydrogen (secondary N) is 2. The molecule has 1 aromatic heterocycles. The molecule has 7 nitrogen and oxygen atoms in total. The monoisotopic (exact) mass is 412 g/mol. The molecule has 3 aromatic rings. The molecule has 0 saturated carbocycles. The number of furan rings is 1. The van der Waals surface area contributed by atoms with Gasteiger partial charge < -0.3 is 19.8 Å². The van der Waals surface area contributed by atoms with Crippen molar-refractivity contribution < 1.29 is 27.9 Å². The molecule has 156 valence electrons. The lowest BCUT2D eigenvalue weighted by atomic mass is 10.0. The molecule has 0 spiro atoms. The number of hydrogen-bond donors (Lipinski definition) is 2. The zero-order valence-corrected chi connectivity index (χ0v) is 16.6. The third-order valence-electron chi connectivity index (χ3n) is 4.54. The molecule has 0 saturated heterocycles. The van der Waals surface area contributed by atoms with Gasteiger partial charge in [0.2, 0.25) is 5.91 Å². The summed E-state index contributed by atoms with van der Waals surface area (Å²) in [5.74, 6) is -2.10. The smallest absolute Gasteiger partial charge is 0.310 e. The molecule has 0 aliphatic carbocycles. The zero-order valence-electron chi connectivity index (χ0n) is 16.6. The highest BCUT2D eigenvalue weighted by Crippen LogP contribution is 2.25. The van der Waals surface area contributed by atoms with E-state index in [0.717, 1.165) is 16.5 Å². The Kier molecular flexibility index (Phi) is 6.46. The number of amides is 2. The molecule has 2 aromatic carbocycles. The van der Waals surface area contributed by atoms with Crippen LogP contribution >= 0.6 is 0 Å². The Morgan fingerprint density at radius 1 is 1.03 bits per heavy atom. The van der Waals surface area contributed by atoms with Crippen molar-refractivity contribution in [1.29, 1.82) is 0 Å². The topological polar surface area (TPSA) is 97.6 Å². The molecule has 0 radical (unpaired) electrons. The number of hydrogen-bond acceptors (Lipinski definition) is 5. The fourth-order valence-corrected chi connectivity index (χ4v) is 2.79. The molecule has 0 atom stereocenters. The van der Waals surface area contributed by atoms with Crippen LogP contribution in [0.2, 0.25) is 0 Å². The molecular formula is C22H21FN2O5. The van der Waals surface area contributed by atoms with E-state index in [4.69, 9.17) is 9.15 Å². The quantitative estimate of drug-likeness (QED) is 0.582. The molecule has 3 rings (SSSR count). The van der Waals surface area contributed by atoms with Gasteiger partial charge in [-0.1, -0.05) is 0 Å². The Morgan fingerprint density at radius 2 is 1.73 bits per heavy atom. The van der Waals surface area contributed by atoms with Gasteiger partial charge in [-0.25, -0.2) is 4.39 Å². The van der Waals surface area contributed by atoms with E-state index in [1.165, 1.54) is 30.5 Å². The third kappa shape index (κ3) is 5.44. The normalized spacial score (nSPS) is 10.6. The highest BCUT2D eigenvalue weighted by molar-refractivity contribution is 5.95. The van der Waals surface area contributed by atoms with Crippen LogP contribution in [0.25, 0.3) is 11.0 Å². The van der Waals surface area contributed by atoms with Crippen LogP contribution in [0.3, 0.4) is 0 Å². The van der Waals surface area contributed by atoms with Gasteiger partial charge in [-0.15, -0.1) is 0 Å². The number of ether oxygens (including phenoxy) is 1. The van der Waals surface area contributed by atoms with Crippen molar-refractivity contribution in [2.75, 3.05) is 18.5 Å². The van der Waals surface area contributed by atoms with E-state index in [1.807, 2.05) is 26.0 Å². The lowest BCUT2D eigenvalue weighted by Crippen LogP contribution is -2.35. The van der Waals surface area contributed by atoms with Gasteiger partial charge in [-0.05, 0) is 61.4 Å². The molecule has 8 heteroatoms. The van der Waals surface area contributed by atoms with Crippen LogP contribution in [-0.4, -0.2) is 30.9 Å². The zero-order chi connectivity index (χ0) is 21.7. The summed E-state index contributed by atoms with van der Waals surface area (Å²) in [5, 5.41) is 5.69. The summed E-state index contributed by atoms with van der Waals surface area (Å²) in [7, 11) is 0. The molecule has 1 heterocycles. The Labute approximate surface area is 172 Å². The number of carbonyl (C=O) groups excluding carboxylic acids is 3. The summed E-state index contributed by atoms with van der Waals surface area (Å²) in [6.45, 7) is 3.14. The fourth-order valence-electron chi connectivity index (χ4n) is 2.79. The Hall–Kier alpha value is -3.68. The molecular weight excluding hydrogens is 391 g/mol. The van der Waals surface area contributed by atoms with Gasteiger partial charge in [-0.2, -0.15) is 0 Å². The minimum atomic E-state index is -0.610. The first kappa shape index (κ1) is 21.0. The van der Waals surface area contributed by atoms with E-state index in [-0.39, 0.29) is 13.0 Å². The Bertz CT molecular complexity index is 1090. The first-order valence-electron chi connectivity index (χ1n) is 9.27. The first-order chi connectivity index (χ1) is 14.3. The third-order valence-corrected chi connectivity index (χ3v) is 4.54. The van der Waals surface area contributed by atoms with Gasteiger partial charge in [0.05, 0.1) is 19.2 Å². The molecule has 0 fully saturated rings. The van der Waals surface area contributed by atoms with Crippen molar-refractivity contribution in [3.8, 4) is 0 Å².